The van der Waals surface area contributed by atoms with Crippen molar-refractivity contribution in [1.29, 1.82) is 0 Å². The fourth-order valence-electron chi connectivity index (χ4n) is 1.06. The Morgan fingerprint density at radius 1 is 1.40 bits per heavy atom. The SMILES string of the molecule is CCC(C)OC(=O)c1ccc(SC)cc1. The minimum absolute atomic E-state index is 0.0160. The molecule has 0 aliphatic carbocycles. The topological polar surface area (TPSA) is 26.3 Å². The third-order valence-corrected chi connectivity index (χ3v) is 2.95. The molecule has 0 fully saturated rings. The van der Waals surface area contributed by atoms with Crippen molar-refractivity contribution in [1.82, 2.24) is 0 Å². The van der Waals surface area contributed by atoms with E-state index in [1.165, 1.54) is 0 Å². The van der Waals surface area contributed by atoms with Gasteiger partial charge in [-0.2, -0.15) is 0 Å². The highest BCUT2D eigenvalue weighted by atomic mass is 32.2. The van der Waals surface area contributed by atoms with Gasteiger partial charge in [-0.05, 0) is 43.9 Å². The summed E-state index contributed by atoms with van der Waals surface area (Å²) in [6.07, 6.45) is 2.83. The molecule has 3 heteroatoms. The van der Waals surface area contributed by atoms with Crippen LogP contribution >= 0.6 is 11.8 Å². The summed E-state index contributed by atoms with van der Waals surface area (Å²) in [5.41, 5.74) is 0.619. The first kappa shape index (κ1) is 12.1. The van der Waals surface area contributed by atoms with E-state index < -0.39 is 0 Å². The molecular formula is C12H16O2S. The summed E-state index contributed by atoms with van der Waals surface area (Å²) in [5, 5.41) is 0. The lowest BCUT2D eigenvalue weighted by Gasteiger charge is -2.10. The molecule has 1 atom stereocenters. The van der Waals surface area contributed by atoms with Crippen molar-refractivity contribution >= 4 is 17.7 Å². The van der Waals surface area contributed by atoms with Crippen molar-refractivity contribution in [2.45, 2.75) is 31.3 Å². The Kier molecular flexibility index (Phi) is 4.69. The number of esters is 1. The smallest absolute Gasteiger partial charge is 0.338 e. The van der Waals surface area contributed by atoms with Crippen LogP contribution in [0.4, 0.5) is 0 Å². The van der Waals surface area contributed by atoms with Gasteiger partial charge < -0.3 is 4.74 Å². The van der Waals surface area contributed by atoms with Crippen LogP contribution < -0.4 is 0 Å². The second-order valence-electron chi connectivity index (χ2n) is 3.35. The number of ether oxygens (including phenoxy) is 1. The van der Waals surface area contributed by atoms with Gasteiger partial charge in [-0.1, -0.05) is 6.92 Å². The predicted molar refractivity (Wildman–Crippen MR) is 63.4 cm³/mol. The van der Waals surface area contributed by atoms with Crippen LogP contribution in [-0.2, 0) is 4.74 Å². The van der Waals surface area contributed by atoms with Gasteiger partial charge >= 0.3 is 5.97 Å². The number of carbonyl (C=O) groups is 1. The van der Waals surface area contributed by atoms with Gasteiger partial charge in [0, 0.05) is 4.90 Å². The normalized spacial score (nSPS) is 12.2. The molecule has 0 saturated carbocycles. The lowest BCUT2D eigenvalue weighted by Crippen LogP contribution is -2.13. The van der Waals surface area contributed by atoms with Crippen LogP contribution in [0, 0.1) is 0 Å². The van der Waals surface area contributed by atoms with Crippen LogP contribution in [0.2, 0.25) is 0 Å². The van der Waals surface area contributed by atoms with Gasteiger partial charge in [0.05, 0.1) is 11.7 Å². The lowest BCUT2D eigenvalue weighted by molar-refractivity contribution is 0.0334. The molecule has 15 heavy (non-hydrogen) atoms. The molecule has 0 aliphatic rings. The minimum Gasteiger partial charge on any atom is -0.459 e. The van der Waals surface area contributed by atoms with Crippen LogP contribution in [-0.4, -0.2) is 18.3 Å². The Morgan fingerprint density at radius 2 is 2.00 bits per heavy atom. The Labute approximate surface area is 95.0 Å². The molecule has 1 aromatic rings. The Hall–Kier alpha value is -0.960. The first-order valence-electron chi connectivity index (χ1n) is 5.02. The van der Waals surface area contributed by atoms with Crippen molar-refractivity contribution in [3.8, 4) is 0 Å². The van der Waals surface area contributed by atoms with Crippen LogP contribution in [0.3, 0.4) is 0 Å². The number of benzene rings is 1. The van der Waals surface area contributed by atoms with Gasteiger partial charge in [0.2, 0.25) is 0 Å². The molecule has 0 aromatic heterocycles. The third-order valence-electron chi connectivity index (χ3n) is 2.21. The standard InChI is InChI=1S/C12H16O2S/c1-4-9(2)14-12(13)10-5-7-11(15-3)8-6-10/h5-9H,4H2,1-3H3. The summed E-state index contributed by atoms with van der Waals surface area (Å²) in [7, 11) is 0. The molecule has 0 aliphatic heterocycles. The number of rotatable bonds is 4. The zero-order valence-corrected chi connectivity index (χ0v) is 10.1. The second kappa shape index (κ2) is 5.81. The molecule has 1 rings (SSSR count). The van der Waals surface area contributed by atoms with Gasteiger partial charge in [-0.25, -0.2) is 4.79 Å². The summed E-state index contributed by atoms with van der Waals surface area (Å²) >= 11 is 1.66. The molecule has 0 N–H and O–H groups in total. The zero-order valence-electron chi connectivity index (χ0n) is 9.32. The molecule has 2 nitrogen and oxygen atoms in total. The maximum Gasteiger partial charge on any atom is 0.338 e. The first-order valence-corrected chi connectivity index (χ1v) is 6.25. The Bertz CT molecular complexity index is 319. The van der Waals surface area contributed by atoms with Crippen LogP contribution in [0.15, 0.2) is 29.2 Å². The van der Waals surface area contributed by atoms with Crippen molar-refractivity contribution in [3.63, 3.8) is 0 Å². The third kappa shape index (κ3) is 3.59. The number of carbonyl (C=O) groups excluding carboxylic acids is 1. The highest BCUT2D eigenvalue weighted by molar-refractivity contribution is 7.98. The van der Waals surface area contributed by atoms with E-state index in [-0.39, 0.29) is 12.1 Å². The van der Waals surface area contributed by atoms with E-state index in [1.54, 1.807) is 23.9 Å². The van der Waals surface area contributed by atoms with Crippen LogP contribution in [0.1, 0.15) is 30.6 Å². The van der Waals surface area contributed by atoms with Gasteiger partial charge in [-0.15, -0.1) is 11.8 Å². The van der Waals surface area contributed by atoms with E-state index in [9.17, 15) is 4.79 Å². The molecule has 0 bridgehead atoms. The summed E-state index contributed by atoms with van der Waals surface area (Å²) < 4.78 is 5.21. The van der Waals surface area contributed by atoms with E-state index in [4.69, 9.17) is 4.74 Å². The predicted octanol–water partition coefficient (Wildman–Crippen LogP) is 3.36. The molecule has 0 amide bonds. The number of hydrogen-bond donors (Lipinski definition) is 0. The zero-order chi connectivity index (χ0) is 11.3. The van der Waals surface area contributed by atoms with Gasteiger partial charge in [0.15, 0.2) is 0 Å². The fraction of sp³-hybridized carbons (Fsp3) is 0.417. The van der Waals surface area contributed by atoms with E-state index in [1.807, 2.05) is 32.2 Å². The minimum atomic E-state index is -0.239. The van der Waals surface area contributed by atoms with Crippen LogP contribution in [0.25, 0.3) is 0 Å². The van der Waals surface area contributed by atoms with Gasteiger partial charge in [-0.3, -0.25) is 0 Å². The van der Waals surface area contributed by atoms with Crippen molar-refractivity contribution in [2.75, 3.05) is 6.26 Å². The molecule has 0 spiro atoms. The molecule has 1 aromatic carbocycles. The molecule has 0 saturated heterocycles. The van der Waals surface area contributed by atoms with Crippen LogP contribution in [0.5, 0.6) is 0 Å². The van der Waals surface area contributed by atoms with Crippen molar-refractivity contribution in [3.05, 3.63) is 29.8 Å². The highest BCUT2D eigenvalue weighted by Crippen LogP contribution is 2.15. The molecule has 0 heterocycles. The maximum atomic E-state index is 11.6. The lowest BCUT2D eigenvalue weighted by atomic mass is 10.2. The monoisotopic (exact) mass is 224 g/mol. The van der Waals surface area contributed by atoms with Gasteiger partial charge in [0.25, 0.3) is 0 Å². The first-order chi connectivity index (χ1) is 7.17. The molecule has 1 unspecified atom stereocenters. The average molecular weight is 224 g/mol. The molecular weight excluding hydrogens is 208 g/mol. The largest absolute Gasteiger partial charge is 0.459 e. The maximum absolute atomic E-state index is 11.6. The Morgan fingerprint density at radius 3 is 2.47 bits per heavy atom. The summed E-state index contributed by atoms with van der Waals surface area (Å²) in [6.45, 7) is 3.89. The number of hydrogen-bond acceptors (Lipinski definition) is 3. The van der Waals surface area contributed by atoms with Crippen molar-refractivity contribution < 1.29 is 9.53 Å². The van der Waals surface area contributed by atoms with Gasteiger partial charge in [0.1, 0.15) is 0 Å². The van der Waals surface area contributed by atoms with E-state index in [0.29, 0.717) is 5.56 Å². The fourth-order valence-corrected chi connectivity index (χ4v) is 1.47. The summed E-state index contributed by atoms with van der Waals surface area (Å²) in [6, 6.07) is 7.46. The summed E-state index contributed by atoms with van der Waals surface area (Å²) in [4.78, 5) is 12.7. The van der Waals surface area contributed by atoms with E-state index >= 15 is 0 Å². The quantitative estimate of drug-likeness (QED) is 0.579. The van der Waals surface area contributed by atoms with E-state index in [0.717, 1.165) is 11.3 Å². The van der Waals surface area contributed by atoms with Crippen molar-refractivity contribution in [2.24, 2.45) is 0 Å². The second-order valence-corrected chi connectivity index (χ2v) is 4.23. The molecule has 82 valence electrons. The van der Waals surface area contributed by atoms with E-state index in [2.05, 4.69) is 0 Å². The summed E-state index contributed by atoms with van der Waals surface area (Å²) in [5.74, 6) is -0.239. The highest BCUT2D eigenvalue weighted by Gasteiger charge is 2.09. The molecule has 0 radical (unpaired) electrons. The Balaban J connectivity index is 2.66. The number of thioether (sulfide) groups is 1. The average Bonchev–Trinajstić information content (AvgIpc) is 2.29.